The van der Waals surface area contributed by atoms with Gasteiger partial charge in [-0.1, -0.05) is 15.9 Å². The van der Waals surface area contributed by atoms with E-state index in [0.29, 0.717) is 0 Å². The first-order valence-electron chi connectivity index (χ1n) is 5.42. The predicted molar refractivity (Wildman–Crippen MR) is 67.8 cm³/mol. The van der Waals surface area contributed by atoms with Crippen LogP contribution in [0.3, 0.4) is 0 Å². The van der Waals surface area contributed by atoms with Crippen molar-refractivity contribution in [2.24, 2.45) is 5.92 Å². The highest BCUT2D eigenvalue weighted by Gasteiger charge is 2.24. The van der Waals surface area contributed by atoms with Crippen LogP contribution in [0.4, 0.5) is 8.78 Å². The third-order valence-electron chi connectivity index (χ3n) is 2.73. The van der Waals surface area contributed by atoms with Crippen LogP contribution in [-0.4, -0.2) is 23.0 Å². The van der Waals surface area contributed by atoms with Crippen molar-refractivity contribution < 1.29 is 23.5 Å². The van der Waals surface area contributed by atoms with Crippen molar-refractivity contribution in [1.29, 1.82) is 0 Å². The standard InChI is InChI=1S/C12H12BrF2NO3/c1-5(12(18)19)6(2)16-11(17)10-8(14)3-7(13)4-9(10)15/h3-6H,1-2H3,(H,16,17)(H,18,19). The number of hydrogen-bond acceptors (Lipinski definition) is 2. The normalized spacial score (nSPS) is 13.7. The maximum atomic E-state index is 13.5. The van der Waals surface area contributed by atoms with Gasteiger partial charge in [0.2, 0.25) is 0 Å². The zero-order chi connectivity index (χ0) is 14.7. The molecule has 0 spiro atoms. The number of amides is 1. The number of hydrogen-bond donors (Lipinski definition) is 2. The number of carboxylic acid groups (broad SMARTS) is 1. The lowest BCUT2D eigenvalue weighted by molar-refractivity contribution is -0.141. The average molecular weight is 336 g/mol. The van der Waals surface area contributed by atoms with E-state index in [1.807, 2.05) is 0 Å². The minimum Gasteiger partial charge on any atom is -0.481 e. The summed E-state index contributed by atoms with van der Waals surface area (Å²) in [5.41, 5.74) is -0.729. The Bertz CT molecular complexity index is 499. The Morgan fingerprint density at radius 3 is 2.16 bits per heavy atom. The van der Waals surface area contributed by atoms with Crippen molar-refractivity contribution in [1.82, 2.24) is 5.32 Å². The van der Waals surface area contributed by atoms with Gasteiger partial charge >= 0.3 is 5.97 Å². The fraction of sp³-hybridized carbons (Fsp3) is 0.333. The third kappa shape index (κ3) is 3.73. The summed E-state index contributed by atoms with van der Waals surface area (Å²) < 4.78 is 27.2. The molecule has 2 N–H and O–H groups in total. The number of rotatable bonds is 4. The summed E-state index contributed by atoms with van der Waals surface area (Å²) in [4.78, 5) is 22.5. The van der Waals surface area contributed by atoms with Gasteiger partial charge in [-0.25, -0.2) is 8.78 Å². The molecule has 0 aliphatic rings. The summed E-state index contributed by atoms with van der Waals surface area (Å²) in [7, 11) is 0. The SMILES string of the molecule is CC(NC(=O)c1c(F)cc(Br)cc1F)C(C)C(=O)O. The van der Waals surface area contributed by atoms with E-state index in [4.69, 9.17) is 5.11 Å². The number of halogens is 3. The molecule has 0 radical (unpaired) electrons. The highest BCUT2D eigenvalue weighted by atomic mass is 79.9. The lowest BCUT2D eigenvalue weighted by Crippen LogP contribution is -2.40. The molecule has 0 aliphatic heterocycles. The summed E-state index contributed by atoms with van der Waals surface area (Å²) >= 11 is 2.90. The van der Waals surface area contributed by atoms with Crippen molar-refractivity contribution in [3.63, 3.8) is 0 Å². The number of aliphatic carboxylic acids is 1. The van der Waals surface area contributed by atoms with Crippen molar-refractivity contribution in [2.75, 3.05) is 0 Å². The molecule has 0 aliphatic carbocycles. The quantitative estimate of drug-likeness (QED) is 0.888. The lowest BCUT2D eigenvalue weighted by atomic mass is 10.0. The van der Waals surface area contributed by atoms with Crippen molar-refractivity contribution in [2.45, 2.75) is 19.9 Å². The number of benzene rings is 1. The summed E-state index contributed by atoms with van der Waals surface area (Å²) in [5.74, 6) is -4.99. The lowest BCUT2D eigenvalue weighted by Gasteiger charge is -2.18. The molecule has 4 nitrogen and oxygen atoms in total. The fourth-order valence-corrected chi connectivity index (χ4v) is 1.78. The highest BCUT2D eigenvalue weighted by molar-refractivity contribution is 9.10. The van der Waals surface area contributed by atoms with E-state index >= 15 is 0 Å². The van der Waals surface area contributed by atoms with Crippen LogP contribution >= 0.6 is 15.9 Å². The van der Waals surface area contributed by atoms with Crippen LogP contribution in [0.15, 0.2) is 16.6 Å². The molecule has 2 unspecified atom stereocenters. The average Bonchev–Trinajstić information content (AvgIpc) is 2.25. The van der Waals surface area contributed by atoms with Gasteiger partial charge in [-0.05, 0) is 26.0 Å². The first kappa shape index (κ1) is 15.6. The number of carboxylic acids is 1. The van der Waals surface area contributed by atoms with Crippen molar-refractivity contribution >= 4 is 27.8 Å². The Hall–Kier alpha value is -1.50. The van der Waals surface area contributed by atoms with E-state index in [9.17, 15) is 18.4 Å². The zero-order valence-corrected chi connectivity index (χ0v) is 11.8. The van der Waals surface area contributed by atoms with Crippen LogP contribution in [0.5, 0.6) is 0 Å². The number of nitrogens with one attached hydrogen (secondary N) is 1. The molecular formula is C12H12BrF2NO3. The van der Waals surface area contributed by atoms with Gasteiger partial charge in [0.1, 0.15) is 17.2 Å². The largest absolute Gasteiger partial charge is 0.481 e. The molecule has 0 fully saturated rings. The van der Waals surface area contributed by atoms with Crippen LogP contribution in [0.2, 0.25) is 0 Å². The van der Waals surface area contributed by atoms with Gasteiger partial charge in [-0.15, -0.1) is 0 Å². The third-order valence-corrected chi connectivity index (χ3v) is 3.19. The molecule has 0 aromatic heterocycles. The highest BCUT2D eigenvalue weighted by Crippen LogP contribution is 2.19. The van der Waals surface area contributed by atoms with E-state index in [0.717, 1.165) is 12.1 Å². The minimum absolute atomic E-state index is 0.172. The van der Waals surface area contributed by atoms with Crippen LogP contribution in [-0.2, 0) is 4.79 Å². The molecule has 2 atom stereocenters. The smallest absolute Gasteiger partial charge is 0.308 e. The van der Waals surface area contributed by atoms with E-state index in [1.54, 1.807) is 0 Å². The Balaban J connectivity index is 2.94. The van der Waals surface area contributed by atoms with Gasteiger partial charge in [0, 0.05) is 10.5 Å². The molecule has 0 saturated carbocycles. The molecule has 0 saturated heterocycles. The predicted octanol–water partition coefficient (Wildman–Crippen LogP) is 2.57. The Labute approximate surface area is 116 Å². The van der Waals surface area contributed by atoms with Crippen molar-refractivity contribution in [3.05, 3.63) is 33.8 Å². The second-order valence-corrected chi connectivity index (χ2v) is 5.05. The van der Waals surface area contributed by atoms with Gasteiger partial charge < -0.3 is 10.4 Å². The summed E-state index contributed by atoms with van der Waals surface area (Å²) in [6.45, 7) is 2.84. The Morgan fingerprint density at radius 1 is 1.26 bits per heavy atom. The van der Waals surface area contributed by atoms with E-state index < -0.39 is 41.0 Å². The topological polar surface area (TPSA) is 66.4 Å². The number of carbonyl (C=O) groups excluding carboxylic acids is 1. The second kappa shape index (κ2) is 6.10. The summed E-state index contributed by atoms with van der Waals surface area (Å²) in [6.07, 6.45) is 0. The fourth-order valence-electron chi connectivity index (χ4n) is 1.38. The maximum Gasteiger partial charge on any atom is 0.308 e. The first-order chi connectivity index (χ1) is 8.73. The zero-order valence-electron chi connectivity index (χ0n) is 10.2. The monoisotopic (exact) mass is 335 g/mol. The molecule has 1 aromatic carbocycles. The van der Waals surface area contributed by atoms with Crippen LogP contribution in [0.1, 0.15) is 24.2 Å². The molecule has 7 heteroatoms. The van der Waals surface area contributed by atoms with Crippen molar-refractivity contribution in [3.8, 4) is 0 Å². The summed E-state index contributed by atoms with van der Waals surface area (Å²) in [6, 6.07) is 1.17. The Kier molecular flexibility index (Phi) is 4.99. The van der Waals surface area contributed by atoms with Gasteiger partial charge in [-0.2, -0.15) is 0 Å². The van der Waals surface area contributed by atoms with Gasteiger partial charge in [0.25, 0.3) is 5.91 Å². The summed E-state index contributed by atoms with van der Waals surface area (Å²) in [5, 5.41) is 11.0. The van der Waals surface area contributed by atoms with E-state index in [-0.39, 0.29) is 4.47 Å². The minimum atomic E-state index is -1.11. The van der Waals surface area contributed by atoms with Gasteiger partial charge in [-0.3, -0.25) is 9.59 Å². The van der Waals surface area contributed by atoms with E-state index in [2.05, 4.69) is 21.2 Å². The van der Waals surface area contributed by atoms with E-state index in [1.165, 1.54) is 13.8 Å². The molecule has 0 heterocycles. The second-order valence-electron chi connectivity index (χ2n) is 4.13. The van der Waals surface area contributed by atoms with Gasteiger partial charge in [0.05, 0.1) is 5.92 Å². The molecule has 1 amide bonds. The molecule has 1 rings (SSSR count). The first-order valence-corrected chi connectivity index (χ1v) is 6.21. The Morgan fingerprint density at radius 2 is 1.74 bits per heavy atom. The molecular weight excluding hydrogens is 324 g/mol. The molecule has 19 heavy (non-hydrogen) atoms. The van der Waals surface area contributed by atoms with Crippen LogP contribution in [0, 0.1) is 17.6 Å². The molecule has 0 bridgehead atoms. The van der Waals surface area contributed by atoms with Gasteiger partial charge in [0.15, 0.2) is 0 Å². The maximum absolute atomic E-state index is 13.5. The molecule has 1 aromatic rings. The number of carbonyl (C=O) groups is 2. The van der Waals surface area contributed by atoms with Crippen LogP contribution in [0.25, 0.3) is 0 Å². The molecule has 104 valence electrons. The van der Waals surface area contributed by atoms with Crippen LogP contribution < -0.4 is 5.32 Å².